The fourth-order valence-corrected chi connectivity index (χ4v) is 3.43. The SMILES string of the molecule is C1CN[C@@H]2CN(CCN3CCOCC3)C[C@@H]2C1. The highest BCUT2D eigenvalue weighted by Gasteiger charge is 2.33. The van der Waals surface area contributed by atoms with Crippen LogP contribution in [0, 0.1) is 5.92 Å². The van der Waals surface area contributed by atoms with Gasteiger partial charge in [0.15, 0.2) is 0 Å². The van der Waals surface area contributed by atoms with Crippen molar-refractivity contribution in [1.29, 1.82) is 0 Å². The van der Waals surface area contributed by atoms with E-state index in [9.17, 15) is 0 Å². The Kier molecular flexibility index (Phi) is 3.96. The third-order valence-electron chi connectivity index (χ3n) is 4.51. The van der Waals surface area contributed by atoms with Crippen LogP contribution in [0.25, 0.3) is 0 Å². The molecule has 3 aliphatic heterocycles. The molecular formula is C13H25N3O. The van der Waals surface area contributed by atoms with Gasteiger partial charge in [0.05, 0.1) is 13.2 Å². The van der Waals surface area contributed by atoms with Gasteiger partial charge in [-0.3, -0.25) is 4.90 Å². The molecule has 0 radical (unpaired) electrons. The number of hydrogen-bond donors (Lipinski definition) is 1. The predicted molar refractivity (Wildman–Crippen MR) is 68.2 cm³/mol. The molecule has 0 aromatic heterocycles. The summed E-state index contributed by atoms with van der Waals surface area (Å²) < 4.78 is 5.38. The lowest BCUT2D eigenvalue weighted by Crippen LogP contribution is -2.42. The average molecular weight is 239 g/mol. The zero-order chi connectivity index (χ0) is 11.5. The van der Waals surface area contributed by atoms with E-state index in [1.165, 1.54) is 45.6 Å². The largest absolute Gasteiger partial charge is 0.379 e. The van der Waals surface area contributed by atoms with E-state index in [1.54, 1.807) is 0 Å². The number of morpholine rings is 1. The maximum Gasteiger partial charge on any atom is 0.0594 e. The fraction of sp³-hybridized carbons (Fsp3) is 1.00. The smallest absolute Gasteiger partial charge is 0.0594 e. The van der Waals surface area contributed by atoms with Gasteiger partial charge in [-0.15, -0.1) is 0 Å². The highest BCUT2D eigenvalue weighted by molar-refractivity contribution is 4.91. The Morgan fingerprint density at radius 3 is 2.71 bits per heavy atom. The van der Waals surface area contributed by atoms with E-state index in [0.717, 1.165) is 38.3 Å². The molecule has 3 heterocycles. The summed E-state index contributed by atoms with van der Waals surface area (Å²) >= 11 is 0. The molecule has 0 aromatic rings. The van der Waals surface area contributed by atoms with Gasteiger partial charge in [0.25, 0.3) is 0 Å². The van der Waals surface area contributed by atoms with Crippen LogP contribution in [-0.4, -0.2) is 74.9 Å². The van der Waals surface area contributed by atoms with E-state index < -0.39 is 0 Å². The highest BCUT2D eigenvalue weighted by atomic mass is 16.5. The van der Waals surface area contributed by atoms with Crippen molar-refractivity contribution in [3.05, 3.63) is 0 Å². The molecule has 0 saturated carbocycles. The first-order valence-electron chi connectivity index (χ1n) is 7.18. The van der Waals surface area contributed by atoms with Crippen LogP contribution in [-0.2, 0) is 4.74 Å². The van der Waals surface area contributed by atoms with E-state index in [4.69, 9.17) is 4.74 Å². The van der Waals surface area contributed by atoms with Crippen LogP contribution in [0.3, 0.4) is 0 Å². The van der Waals surface area contributed by atoms with Crippen molar-refractivity contribution >= 4 is 0 Å². The molecule has 0 bridgehead atoms. The van der Waals surface area contributed by atoms with Crippen molar-refractivity contribution in [3.63, 3.8) is 0 Å². The van der Waals surface area contributed by atoms with E-state index in [0.29, 0.717) is 0 Å². The molecule has 4 nitrogen and oxygen atoms in total. The number of nitrogens with zero attached hydrogens (tertiary/aromatic N) is 2. The minimum absolute atomic E-state index is 0.786. The van der Waals surface area contributed by atoms with Crippen molar-refractivity contribution in [2.45, 2.75) is 18.9 Å². The number of hydrogen-bond acceptors (Lipinski definition) is 4. The lowest BCUT2D eigenvalue weighted by molar-refractivity contribution is 0.0342. The van der Waals surface area contributed by atoms with Crippen molar-refractivity contribution in [2.24, 2.45) is 5.92 Å². The second kappa shape index (κ2) is 5.65. The number of nitrogens with one attached hydrogen (secondary N) is 1. The van der Waals surface area contributed by atoms with Crippen molar-refractivity contribution in [1.82, 2.24) is 15.1 Å². The maximum atomic E-state index is 5.38. The molecule has 4 heteroatoms. The molecular weight excluding hydrogens is 214 g/mol. The molecule has 0 unspecified atom stereocenters. The number of rotatable bonds is 3. The summed E-state index contributed by atoms with van der Waals surface area (Å²) in [6.07, 6.45) is 2.81. The maximum absolute atomic E-state index is 5.38. The Morgan fingerprint density at radius 1 is 1.06 bits per heavy atom. The molecule has 3 rings (SSSR count). The summed E-state index contributed by atoms with van der Waals surface area (Å²) in [5.41, 5.74) is 0. The van der Waals surface area contributed by atoms with Crippen LogP contribution < -0.4 is 5.32 Å². The van der Waals surface area contributed by atoms with Crippen molar-refractivity contribution < 1.29 is 4.74 Å². The average Bonchev–Trinajstić information content (AvgIpc) is 2.80. The first-order valence-corrected chi connectivity index (χ1v) is 7.18. The predicted octanol–water partition coefficient (Wildman–Crippen LogP) is 0.00240. The van der Waals surface area contributed by atoms with E-state index in [1.807, 2.05) is 0 Å². The molecule has 1 N–H and O–H groups in total. The Labute approximate surface area is 104 Å². The number of fused-ring (bicyclic) bond motifs is 1. The Balaban J connectivity index is 1.40. The number of likely N-dealkylation sites (tertiary alicyclic amines) is 1. The topological polar surface area (TPSA) is 27.7 Å². The molecule has 98 valence electrons. The third kappa shape index (κ3) is 2.99. The van der Waals surface area contributed by atoms with Gasteiger partial charge in [-0.05, 0) is 25.3 Å². The van der Waals surface area contributed by atoms with E-state index in [-0.39, 0.29) is 0 Å². The molecule has 0 spiro atoms. The molecule has 0 amide bonds. The van der Waals surface area contributed by atoms with Gasteiger partial charge in [-0.1, -0.05) is 0 Å². The summed E-state index contributed by atoms with van der Waals surface area (Å²) in [6, 6.07) is 0.786. The van der Waals surface area contributed by atoms with Gasteiger partial charge < -0.3 is 15.0 Å². The Hall–Kier alpha value is -0.160. The molecule has 2 atom stereocenters. The summed E-state index contributed by atoms with van der Waals surface area (Å²) in [4.78, 5) is 5.20. The van der Waals surface area contributed by atoms with Crippen LogP contribution >= 0.6 is 0 Å². The van der Waals surface area contributed by atoms with Crippen LogP contribution in [0.4, 0.5) is 0 Å². The lowest BCUT2D eigenvalue weighted by atomic mass is 9.94. The molecule has 3 fully saturated rings. The van der Waals surface area contributed by atoms with Crippen LogP contribution in [0.15, 0.2) is 0 Å². The molecule has 17 heavy (non-hydrogen) atoms. The summed E-state index contributed by atoms with van der Waals surface area (Å²) in [5, 5.41) is 3.67. The van der Waals surface area contributed by atoms with Crippen molar-refractivity contribution in [3.8, 4) is 0 Å². The summed E-state index contributed by atoms with van der Waals surface area (Å²) in [7, 11) is 0. The minimum Gasteiger partial charge on any atom is -0.379 e. The van der Waals surface area contributed by atoms with Gasteiger partial charge in [-0.2, -0.15) is 0 Å². The second-order valence-corrected chi connectivity index (χ2v) is 5.68. The van der Waals surface area contributed by atoms with E-state index in [2.05, 4.69) is 15.1 Å². The minimum atomic E-state index is 0.786. The number of ether oxygens (including phenoxy) is 1. The quantitative estimate of drug-likeness (QED) is 0.750. The standard InChI is InChI=1S/C13H25N3O/c1-2-12-10-16(11-13(12)14-3-1)5-4-15-6-8-17-9-7-15/h12-14H,1-11H2/t12-,13+/m0/s1. The molecule has 0 aromatic carbocycles. The molecule has 3 saturated heterocycles. The number of piperidine rings is 1. The highest BCUT2D eigenvalue weighted by Crippen LogP contribution is 2.24. The Bertz CT molecular complexity index is 229. The first kappa shape index (κ1) is 11.9. The normalized spacial score (nSPS) is 36.0. The first-order chi connectivity index (χ1) is 8.42. The van der Waals surface area contributed by atoms with Crippen LogP contribution in [0.1, 0.15) is 12.8 Å². The van der Waals surface area contributed by atoms with Crippen LogP contribution in [0.2, 0.25) is 0 Å². The Morgan fingerprint density at radius 2 is 1.88 bits per heavy atom. The molecule has 3 aliphatic rings. The van der Waals surface area contributed by atoms with Crippen molar-refractivity contribution in [2.75, 3.05) is 59.0 Å². The van der Waals surface area contributed by atoms with Gasteiger partial charge in [-0.25, -0.2) is 0 Å². The van der Waals surface area contributed by atoms with Gasteiger partial charge >= 0.3 is 0 Å². The monoisotopic (exact) mass is 239 g/mol. The van der Waals surface area contributed by atoms with E-state index >= 15 is 0 Å². The summed E-state index contributed by atoms with van der Waals surface area (Å²) in [5.74, 6) is 0.924. The van der Waals surface area contributed by atoms with Gasteiger partial charge in [0.1, 0.15) is 0 Å². The zero-order valence-electron chi connectivity index (χ0n) is 10.7. The molecule has 0 aliphatic carbocycles. The van der Waals surface area contributed by atoms with Crippen LogP contribution in [0.5, 0.6) is 0 Å². The zero-order valence-corrected chi connectivity index (χ0v) is 10.7. The fourth-order valence-electron chi connectivity index (χ4n) is 3.43. The summed E-state index contributed by atoms with van der Waals surface area (Å²) in [6.45, 7) is 10.4. The lowest BCUT2D eigenvalue weighted by Gasteiger charge is -2.28. The second-order valence-electron chi connectivity index (χ2n) is 5.68. The van der Waals surface area contributed by atoms with Gasteiger partial charge in [0, 0.05) is 45.3 Å². The third-order valence-corrected chi connectivity index (χ3v) is 4.51. The van der Waals surface area contributed by atoms with Gasteiger partial charge in [0.2, 0.25) is 0 Å².